The topological polar surface area (TPSA) is 72.2 Å². The second-order valence-electron chi connectivity index (χ2n) is 4.82. The van der Waals surface area contributed by atoms with Crippen molar-refractivity contribution in [3.63, 3.8) is 0 Å². The van der Waals surface area contributed by atoms with Gasteiger partial charge in [0.05, 0.1) is 0 Å². The summed E-state index contributed by atoms with van der Waals surface area (Å²) in [5.74, 6) is 0.692. The lowest BCUT2D eigenvalue weighted by atomic mass is 10.2. The molecule has 4 nitrogen and oxygen atoms in total. The van der Waals surface area contributed by atoms with Crippen LogP contribution >= 0.6 is 0 Å². The Morgan fingerprint density at radius 1 is 1.42 bits per heavy atom. The third kappa shape index (κ3) is 5.03. The number of anilines is 2. The second kappa shape index (κ2) is 7.28. The molecule has 3 atom stereocenters. The van der Waals surface area contributed by atoms with E-state index in [1.54, 1.807) is 31.2 Å². The molecule has 1 rings (SSSR count). The smallest absolute Gasteiger partial charge is 0.239 e. The van der Waals surface area contributed by atoms with E-state index < -0.39 is 16.0 Å². The van der Waals surface area contributed by atoms with Crippen molar-refractivity contribution >= 4 is 28.1 Å². The molecule has 0 fully saturated rings. The Bertz CT molecular complexity index is 463. The molecule has 0 radical (unpaired) electrons. The molecule has 0 aliphatic heterocycles. The number of carbonyl (C=O) groups is 1. The summed E-state index contributed by atoms with van der Waals surface area (Å²) in [6.07, 6.45) is 0.968. The Morgan fingerprint density at radius 2 is 2.11 bits per heavy atom. The number of hydrogen-bond donors (Lipinski definition) is 2. The largest absolute Gasteiger partial charge is 0.399 e. The van der Waals surface area contributed by atoms with Crippen LogP contribution in [0.3, 0.4) is 0 Å². The number of nitrogens with one attached hydrogen (secondary N) is 1. The Balaban J connectivity index is 2.60. The van der Waals surface area contributed by atoms with Crippen LogP contribution in [0.5, 0.6) is 0 Å². The molecule has 0 heterocycles. The molecule has 0 saturated heterocycles. The molecule has 106 valence electrons. The molecule has 0 aliphatic carbocycles. The van der Waals surface area contributed by atoms with Crippen LogP contribution in [-0.4, -0.2) is 21.1 Å². The minimum atomic E-state index is -1.15. The number of hydrogen-bond acceptors (Lipinski definition) is 3. The van der Waals surface area contributed by atoms with E-state index in [-0.39, 0.29) is 5.91 Å². The summed E-state index contributed by atoms with van der Waals surface area (Å²) in [6, 6.07) is 6.96. The van der Waals surface area contributed by atoms with Gasteiger partial charge in [0, 0.05) is 27.9 Å². The van der Waals surface area contributed by atoms with Gasteiger partial charge in [-0.05, 0) is 31.0 Å². The van der Waals surface area contributed by atoms with Crippen LogP contribution in [0.4, 0.5) is 11.4 Å². The van der Waals surface area contributed by atoms with Crippen molar-refractivity contribution < 1.29 is 9.00 Å². The zero-order valence-electron chi connectivity index (χ0n) is 11.7. The van der Waals surface area contributed by atoms with Crippen LogP contribution in [0.1, 0.15) is 27.2 Å². The van der Waals surface area contributed by atoms with E-state index in [1.165, 1.54) is 0 Å². The monoisotopic (exact) mass is 282 g/mol. The Hall–Kier alpha value is -1.36. The van der Waals surface area contributed by atoms with Crippen molar-refractivity contribution in [3.05, 3.63) is 24.3 Å². The lowest BCUT2D eigenvalue weighted by Gasteiger charge is -2.14. The molecular formula is C14H22N2O2S. The first-order chi connectivity index (χ1) is 8.93. The fraction of sp³-hybridized carbons (Fsp3) is 0.500. The number of carbonyl (C=O) groups excluding carboxylic acids is 1. The van der Waals surface area contributed by atoms with Crippen LogP contribution in [0.25, 0.3) is 0 Å². The first-order valence-corrected chi connectivity index (χ1v) is 7.85. The predicted octanol–water partition coefficient (Wildman–Crippen LogP) is 2.39. The van der Waals surface area contributed by atoms with Gasteiger partial charge in [0.25, 0.3) is 0 Å². The first-order valence-electron chi connectivity index (χ1n) is 6.47. The fourth-order valence-electron chi connectivity index (χ4n) is 1.52. The van der Waals surface area contributed by atoms with Crippen LogP contribution < -0.4 is 11.1 Å². The van der Waals surface area contributed by atoms with E-state index >= 15 is 0 Å². The van der Waals surface area contributed by atoms with E-state index in [9.17, 15) is 9.00 Å². The fourth-order valence-corrected chi connectivity index (χ4v) is 2.91. The summed E-state index contributed by atoms with van der Waals surface area (Å²) < 4.78 is 12.0. The van der Waals surface area contributed by atoms with Crippen LogP contribution in [0.15, 0.2) is 24.3 Å². The molecule has 1 amide bonds. The summed E-state index contributed by atoms with van der Waals surface area (Å²) >= 11 is 0. The summed E-state index contributed by atoms with van der Waals surface area (Å²) in [7, 11) is -1.15. The molecule has 0 bridgehead atoms. The third-order valence-corrected chi connectivity index (χ3v) is 4.96. The Labute approximate surface area is 117 Å². The highest BCUT2D eigenvalue weighted by molar-refractivity contribution is 7.86. The molecular weight excluding hydrogens is 260 g/mol. The summed E-state index contributed by atoms with van der Waals surface area (Å²) in [5.41, 5.74) is 6.87. The summed E-state index contributed by atoms with van der Waals surface area (Å²) in [4.78, 5) is 12.0. The maximum atomic E-state index is 12.0. The highest BCUT2D eigenvalue weighted by Crippen LogP contribution is 2.13. The normalized spacial score (nSPS) is 15.5. The quantitative estimate of drug-likeness (QED) is 0.787. The van der Waals surface area contributed by atoms with Crippen molar-refractivity contribution in [3.8, 4) is 0 Å². The van der Waals surface area contributed by atoms with E-state index in [1.807, 2.05) is 6.92 Å². The maximum Gasteiger partial charge on any atom is 0.239 e. The predicted molar refractivity (Wildman–Crippen MR) is 81.4 cm³/mol. The summed E-state index contributed by atoms with van der Waals surface area (Å²) in [6.45, 7) is 5.79. The Morgan fingerprint density at radius 3 is 2.68 bits per heavy atom. The molecule has 0 aromatic heterocycles. The number of nitrogens with two attached hydrogens (primary N) is 1. The summed E-state index contributed by atoms with van der Waals surface area (Å²) in [5, 5.41) is 2.22. The van der Waals surface area contributed by atoms with Gasteiger partial charge in [-0.1, -0.05) is 26.3 Å². The molecule has 0 spiro atoms. The van der Waals surface area contributed by atoms with Crippen molar-refractivity contribution in [2.24, 2.45) is 5.92 Å². The minimum Gasteiger partial charge on any atom is -0.399 e. The van der Waals surface area contributed by atoms with Crippen molar-refractivity contribution in [1.29, 1.82) is 0 Å². The van der Waals surface area contributed by atoms with Crippen molar-refractivity contribution in [1.82, 2.24) is 0 Å². The van der Waals surface area contributed by atoms with Crippen molar-refractivity contribution in [2.45, 2.75) is 32.4 Å². The van der Waals surface area contributed by atoms with Crippen LogP contribution in [-0.2, 0) is 15.6 Å². The highest BCUT2D eigenvalue weighted by Gasteiger charge is 2.21. The van der Waals surface area contributed by atoms with Crippen LogP contribution in [0.2, 0.25) is 0 Å². The molecule has 5 heteroatoms. The number of nitrogen functional groups attached to an aromatic ring is 1. The molecule has 3 unspecified atom stereocenters. The maximum absolute atomic E-state index is 12.0. The average molecular weight is 282 g/mol. The molecule has 0 aliphatic rings. The highest BCUT2D eigenvalue weighted by atomic mass is 32.2. The van der Waals surface area contributed by atoms with Gasteiger partial charge in [-0.3, -0.25) is 9.00 Å². The zero-order valence-corrected chi connectivity index (χ0v) is 12.5. The van der Waals surface area contributed by atoms with Gasteiger partial charge in [0.1, 0.15) is 5.25 Å². The van der Waals surface area contributed by atoms with E-state index in [4.69, 9.17) is 5.73 Å². The van der Waals surface area contributed by atoms with Gasteiger partial charge in [-0.15, -0.1) is 0 Å². The van der Waals surface area contributed by atoms with Gasteiger partial charge in [-0.2, -0.15) is 0 Å². The number of rotatable bonds is 6. The first kappa shape index (κ1) is 15.7. The lowest BCUT2D eigenvalue weighted by Crippen LogP contribution is -2.31. The minimum absolute atomic E-state index is 0.229. The van der Waals surface area contributed by atoms with Gasteiger partial charge < -0.3 is 11.1 Å². The number of amides is 1. The molecule has 19 heavy (non-hydrogen) atoms. The lowest BCUT2D eigenvalue weighted by molar-refractivity contribution is -0.115. The van der Waals surface area contributed by atoms with E-state index in [0.29, 0.717) is 23.0 Å². The van der Waals surface area contributed by atoms with Gasteiger partial charge in [0.2, 0.25) is 5.91 Å². The average Bonchev–Trinajstić information content (AvgIpc) is 2.37. The molecule has 3 N–H and O–H groups in total. The van der Waals surface area contributed by atoms with Gasteiger partial charge in [0.15, 0.2) is 0 Å². The zero-order chi connectivity index (χ0) is 14.4. The Kier molecular flexibility index (Phi) is 6.02. The van der Waals surface area contributed by atoms with Crippen molar-refractivity contribution in [2.75, 3.05) is 16.8 Å². The standard InChI is InChI=1S/C14H22N2O2S/c1-4-10(2)9-19(18)11(3)14(17)16-13-7-5-6-12(15)8-13/h5-8,10-11H,4,9,15H2,1-3H3,(H,16,17). The van der Waals surface area contributed by atoms with Gasteiger partial charge >= 0.3 is 0 Å². The molecule has 0 saturated carbocycles. The second-order valence-corrected chi connectivity index (χ2v) is 6.62. The van der Waals surface area contributed by atoms with Gasteiger partial charge in [-0.25, -0.2) is 0 Å². The third-order valence-electron chi connectivity index (χ3n) is 3.06. The molecule has 1 aromatic rings. The van der Waals surface area contributed by atoms with E-state index in [2.05, 4.69) is 12.2 Å². The van der Waals surface area contributed by atoms with E-state index in [0.717, 1.165) is 6.42 Å². The SMILES string of the molecule is CCC(C)CS(=O)C(C)C(=O)Nc1cccc(N)c1. The van der Waals surface area contributed by atoms with Crippen LogP contribution in [0, 0.1) is 5.92 Å². The molecule has 1 aromatic carbocycles. The number of benzene rings is 1.